The zero-order valence-corrected chi connectivity index (χ0v) is 14.7. The fraction of sp³-hybridized carbons (Fsp3) is 0.474. The molecule has 0 unspecified atom stereocenters. The maximum absolute atomic E-state index is 12.3. The summed E-state index contributed by atoms with van der Waals surface area (Å²) in [5.74, 6) is 1.52. The third-order valence-electron chi connectivity index (χ3n) is 5.15. The summed E-state index contributed by atoms with van der Waals surface area (Å²) in [4.78, 5) is 14.6. The molecule has 2 aliphatic rings. The molecule has 0 saturated heterocycles. The molecule has 0 spiro atoms. The van der Waals surface area contributed by atoms with Crippen LogP contribution >= 0.6 is 0 Å². The second-order valence-corrected chi connectivity index (χ2v) is 6.73. The third kappa shape index (κ3) is 3.02. The van der Waals surface area contributed by atoms with Gasteiger partial charge in [-0.2, -0.15) is 5.10 Å². The summed E-state index contributed by atoms with van der Waals surface area (Å²) in [6, 6.07) is 5.87. The summed E-state index contributed by atoms with van der Waals surface area (Å²) < 4.78 is 12.4. The average molecular weight is 341 g/mol. The predicted octanol–water partition coefficient (Wildman–Crippen LogP) is 1.76. The maximum Gasteiger partial charge on any atom is 0.268 e. The van der Waals surface area contributed by atoms with Gasteiger partial charge in [-0.15, -0.1) is 0 Å². The van der Waals surface area contributed by atoms with Crippen molar-refractivity contribution in [3.63, 3.8) is 0 Å². The van der Waals surface area contributed by atoms with Crippen LogP contribution in [0.3, 0.4) is 0 Å². The highest BCUT2D eigenvalue weighted by Gasteiger charge is 2.21. The number of aromatic nitrogens is 2. The Balaban J connectivity index is 1.56. The fourth-order valence-electron chi connectivity index (χ4n) is 3.79. The topological polar surface area (TPSA) is 56.6 Å². The molecule has 1 aliphatic heterocycles. The molecular weight excluding hydrogens is 318 g/mol. The summed E-state index contributed by atoms with van der Waals surface area (Å²) in [6.45, 7) is 2.20. The summed E-state index contributed by atoms with van der Waals surface area (Å²) in [5.41, 5.74) is 4.71. The van der Waals surface area contributed by atoms with Crippen LogP contribution in [0.1, 0.15) is 28.8 Å². The van der Waals surface area contributed by atoms with Gasteiger partial charge in [0.1, 0.15) is 0 Å². The number of methoxy groups -OCH3 is 2. The molecule has 25 heavy (non-hydrogen) atoms. The van der Waals surface area contributed by atoms with E-state index in [-0.39, 0.29) is 5.56 Å². The predicted molar refractivity (Wildman–Crippen MR) is 94.2 cm³/mol. The van der Waals surface area contributed by atoms with Crippen LogP contribution < -0.4 is 15.0 Å². The molecule has 0 saturated carbocycles. The number of fused-ring (bicyclic) bond motifs is 2. The molecular formula is C19H23N3O3. The van der Waals surface area contributed by atoms with Crippen LogP contribution in [0.2, 0.25) is 0 Å². The molecule has 1 aromatic carbocycles. The second-order valence-electron chi connectivity index (χ2n) is 6.73. The van der Waals surface area contributed by atoms with Crippen molar-refractivity contribution in [3.8, 4) is 11.5 Å². The molecule has 0 radical (unpaired) electrons. The van der Waals surface area contributed by atoms with E-state index in [9.17, 15) is 4.79 Å². The monoisotopic (exact) mass is 341 g/mol. The fourth-order valence-corrected chi connectivity index (χ4v) is 3.79. The minimum Gasteiger partial charge on any atom is -0.493 e. The van der Waals surface area contributed by atoms with Crippen LogP contribution in [0.25, 0.3) is 0 Å². The molecule has 0 fully saturated rings. The van der Waals surface area contributed by atoms with Crippen molar-refractivity contribution in [3.05, 3.63) is 50.9 Å². The van der Waals surface area contributed by atoms with E-state index in [0.717, 1.165) is 61.5 Å². The molecule has 4 rings (SSSR count). The van der Waals surface area contributed by atoms with E-state index >= 15 is 0 Å². The molecule has 6 heteroatoms. The van der Waals surface area contributed by atoms with Gasteiger partial charge in [0.25, 0.3) is 5.56 Å². The highest BCUT2D eigenvalue weighted by molar-refractivity contribution is 5.48. The van der Waals surface area contributed by atoms with Gasteiger partial charge in [0.05, 0.1) is 26.6 Å². The van der Waals surface area contributed by atoms with E-state index in [1.165, 1.54) is 11.1 Å². The van der Waals surface area contributed by atoms with Gasteiger partial charge < -0.3 is 9.47 Å². The van der Waals surface area contributed by atoms with Crippen LogP contribution in [0.5, 0.6) is 11.5 Å². The van der Waals surface area contributed by atoms with E-state index in [1.54, 1.807) is 25.0 Å². The Morgan fingerprint density at radius 3 is 2.52 bits per heavy atom. The molecule has 0 bridgehead atoms. The maximum atomic E-state index is 12.3. The van der Waals surface area contributed by atoms with Gasteiger partial charge in [0.15, 0.2) is 11.5 Å². The van der Waals surface area contributed by atoms with E-state index in [0.29, 0.717) is 6.67 Å². The van der Waals surface area contributed by atoms with Crippen molar-refractivity contribution in [1.82, 2.24) is 14.7 Å². The zero-order chi connectivity index (χ0) is 17.4. The average Bonchev–Trinajstić information content (AvgIpc) is 3.07. The Bertz CT molecular complexity index is 860. The Morgan fingerprint density at radius 2 is 1.76 bits per heavy atom. The summed E-state index contributed by atoms with van der Waals surface area (Å²) >= 11 is 0. The largest absolute Gasteiger partial charge is 0.493 e. The molecule has 132 valence electrons. The van der Waals surface area contributed by atoms with E-state index in [2.05, 4.69) is 16.1 Å². The Morgan fingerprint density at radius 1 is 1.00 bits per heavy atom. The number of hydrogen-bond acceptors (Lipinski definition) is 5. The van der Waals surface area contributed by atoms with Crippen molar-refractivity contribution in [2.75, 3.05) is 20.8 Å². The Labute approximate surface area is 147 Å². The highest BCUT2D eigenvalue weighted by Crippen LogP contribution is 2.33. The number of aryl methyl sites for hydroxylation is 2. The Hall–Kier alpha value is -2.34. The van der Waals surface area contributed by atoms with Gasteiger partial charge in [-0.05, 0) is 54.5 Å². The van der Waals surface area contributed by atoms with Crippen LogP contribution in [0, 0.1) is 0 Å². The van der Waals surface area contributed by atoms with Gasteiger partial charge >= 0.3 is 0 Å². The van der Waals surface area contributed by atoms with E-state index in [1.807, 2.05) is 6.07 Å². The molecule has 2 heterocycles. The van der Waals surface area contributed by atoms with E-state index in [4.69, 9.17) is 9.47 Å². The van der Waals surface area contributed by atoms with Crippen LogP contribution in [-0.2, 0) is 32.5 Å². The van der Waals surface area contributed by atoms with Gasteiger partial charge in [-0.1, -0.05) is 0 Å². The van der Waals surface area contributed by atoms with Crippen LogP contribution in [0.15, 0.2) is 23.0 Å². The number of nitrogens with zero attached hydrogens (tertiary/aromatic N) is 3. The molecule has 1 aliphatic carbocycles. The zero-order valence-electron chi connectivity index (χ0n) is 14.7. The Kier molecular flexibility index (Phi) is 4.21. The first-order valence-electron chi connectivity index (χ1n) is 8.74. The van der Waals surface area contributed by atoms with Crippen molar-refractivity contribution >= 4 is 0 Å². The lowest BCUT2D eigenvalue weighted by atomic mass is 9.99. The smallest absolute Gasteiger partial charge is 0.268 e. The lowest BCUT2D eigenvalue weighted by Gasteiger charge is -2.29. The van der Waals surface area contributed by atoms with Crippen LogP contribution in [-0.4, -0.2) is 35.4 Å². The second kappa shape index (κ2) is 6.52. The molecule has 0 N–H and O–H groups in total. The van der Waals surface area contributed by atoms with Crippen LogP contribution in [0.4, 0.5) is 0 Å². The van der Waals surface area contributed by atoms with Crippen molar-refractivity contribution in [2.45, 2.75) is 38.9 Å². The normalized spacial score (nSPS) is 16.4. The minimum absolute atomic E-state index is 0.00115. The molecule has 6 nitrogen and oxygen atoms in total. The third-order valence-corrected chi connectivity index (χ3v) is 5.15. The summed E-state index contributed by atoms with van der Waals surface area (Å²) in [6.07, 6.45) is 3.99. The quantitative estimate of drug-likeness (QED) is 0.848. The SMILES string of the molecule is COc1cc2c(cc1OC)CN(Cn1nc3c(cc1=O)CCC3)CC2. The standard InChI is InChI=1S/C19H23N3O3/c1-24-17-8-13-6-7-21(11-15(13)9-18(17)25-2)12-22-19(23)10-14-4-3-5-16(14)20-22/h8-10H,3-7,11-12H2,1-2H3. The lowest BCUT2D eigenvalue weighted by molar-refractivity contribution is 0.184. The molecule has 1 aromatic heterocycles. The summed E-state index contributed by atoms with van der Waals surface area (Å²) in [5, 5.41) is 4.58. The van der Waals surface area contributed by atoms with Crippen molar-refractivity contribution in [2.24, 2.45) is 0 Å². The number of ether oxygens (including phenoxy) is 2. The number of rotatable bonds is 4. The van der Waals surface area contributed by atoms with Crippen molar-refractivity contribution in [1.29, 1.82) is 0 Å². The minimum atomic E-state index is -0.00115. The van der Waals surface area contributed by atoms with Gasteiger partial charge in [0, 0.05) is 19.2 Å². The first-order valence-corrected chi connectivity index (χ1v) is 8.74. The first-order chi connectivity index (χ1) is 12.2. The van der Waals surface area contributed by atoms with Gasteiger partial charge in [-0.3, -0.25) is 9.69 Å². The first kappa shape index (κ1) is 16.1. The lowest BCUT2D eigenvalue weighted by Crippen LogP contribution is -2.37. The number of hydrogen-bond donors (Lipinski definition) is 0. The van der Waals surface area contributed by atoms with Crippen molar-refractivity contribution < 1.29 is 9.47 Å². The van der Waals surface area contributed by atoms with E-state index < -0.39 is 0 Å². The summed E-state index contributed by atoms with van der Waals surface area (Å²) in [7, 11) is 3.31. The molecule has 0 atom stereocenters. The number of benzene rings is 1. The molecule has 0 amide bonds. The van der Waals surface area contributed by atoms with Gasteiger partial charge in [-0.25, -0.2) is 4.68 Å². The molecule has 2 aromatic rings. The highest BCUT2D eigenvalue weighted by atomic mass is 16.5. The van der Waals surface area contributed by atoms with Gasteiger partial charge in [0.2, 0.25) is 0 Å².